The fraction of sp³-hybridized carbons (Fsp3) is 0.500. The summed E-state index contributed by atoms with van der Waals surface area (Å²) in [6.45, 7) is 0. The van der Waals surface area contributed by atoms with Crippen LogP contribution < -0.4 is 10.1 Å². The molecule has 0 heterocycles. The molecule has 0 spiro atoms. The van der Waals surface area contributed by atoms with Crippen LogP contribution in [0.5, 0.6) is 5.75 Å². The summed E-state index contributed by atoms with van der Waals surface area (Å²) in [6.07, 6.45) is 4.44. The summed E-state index contributed by atoms with van der Waals surface area (Å²) in [6, 6.07) is 5.72. The second kappa shape index (κ2) is 9.94. The third-order valence-electron chi connectivity index (χ3n) is 3.57. The third-order valence-corrected chi connectivity index (χ3v) is 3.81. The van der Waals surface area contributed by atoms with Crippen LogP contribution in [0, 0.1) is 0 Å². The molecule has 1 amide bonds. The topological polar surface area (TPSA) is 95.9 Å². The number of hydrogen-bond donors (Lipinski definition) is 3. The molecule has 0 aromatic heterocycles. The summed E-state index contributed by atoms with van der Waals surface area (Å²) in [5.41, 5.74) is 0.875. The van der Waals surface area contributed by atoms with Crippen molar-refractivity contribution in [3.63, 3.8) is 0 Å². The van der Waals surface area contributed by atoms with Crippen molar-refractivity contribution in [2.75, 3.05) is 7.11 Å². The van der Waals surface area contributed by atoms with E-state index in [4.69, 9.17) is 31.3 Å². The van der Waals surface area contributed by atoms with Gasteiger partial charge in [-0.05, 0) is 25.0 Å². The van der Waals surface area contributed by atoms with E-state index in [1.54, 1.807) is 19.2 Å². The zero-order chi connectivity index (χ0) is 17.2. The molecular formula is C16H22ClNO5. The van der Waals surface area contributed by atoms with Gasteiger partial charge in [0.25, 0.3) is 0 Å². The summed E-state index contributed by atoms with van der Waals surface area (Å²) < 4.78 is 5.25. The number of nitrogens with one attached hydrogen (secondary N) is 1. The Bertz CT molecular complexity index is 525. The first-order valence-electron chi connectivity index (χ1n) is 7.46. The molecule has 0 atom stereocenters. The van der Waals surface area contributed by atoms with Crippen molar-refractivity contribution in [3.8, 4) is 5.75 Å². The molecule has 0 radical (unpaired) electrons. The van der Waals surface area contributed by atoms with Crippen LogP contribution >= 0.6 is 11.6 Å². The SMILES string of the molecule is COc1cc(Cl)ccc1CC(=O)NC1CCCCC1.O=C(O)O. The maximum Gasteiger partial charge on any atom is 0.503 e. The molecule has 1 fully saturated rings. The Hall–Kier alpha value is -1.95. The fourth-order valence-corrected chi connectivity index (χ4v) is 2.73. The highest BCUT2D eigenvalue weighted by molar-refractivity contribution is 6.30. The van der Waals surface area contributed by atoms with Crippen LogP contribution in [0.4, 0.5) is 4.79 Å². The van der Waals surface area contributed by atoms with Crippen LogP contribution in [0.1, 0.15) is 37.7 Å². The third kappa shape index (κ3) is 7.74. The number of halogens is 1. The van der Waals surface area contributed by atoms with Gasteiger partial charge >= 0.3 is 6.16 Å². The van der Waals surface area contributed by atoms with E-state index in [0.717, 1.165) is 18.4 Å². The highest BCUT2D eigenvalue weighted by atomic mass is 35.5. The Kier molecular flexibility index (Phi) is 8.26. The quantitative estimate of drug-likeness (QED) is 0.776. The molecule has 0 bridgehead atoms. The fourth-order valence-electron chi connectivity index (χ4n) is 2.56. The standard InChI is InChI=1S/C15H20ClNO2.CH2O3/c1-19-14-10-12(16)8-7-11(14)9-15(18)17-13-5-3-2-4-6-13;2-1(3)4/h7-8,10,13H,2-6,9H2,1H3,(H,17,18);(H2,2,3,4). The van der Waals surface area contributed by atoms with Crippen molar-refractivity contribution >= 4 is 23.7 Å². The second-order valence-corrected chi connectivity index (χ2v) is 5.75. The lowest BCUT2D eigenvalue weighted by molar-refractivity contribution is -0.121. The Morgan fingerprint density at radius 3 is 2.43 bits per heavy atom. The predicted molar refractivity (Wildman–Crippen MR) is 87.4 cm³/mol. The highest BCUT2D eigenvalue weighted by Crippen LogP contribution is 2.24. The largest absolute Gasteiger partial charge is 0.503 e. The number of benzene rings is 1. The summed E-state index contributed by atoms with van der Waals surface area (Å²) in [5, 5.41) is 17.7. The van der Waals surface area contributed by atoms with Crippen molar-refractivity contribution in [2.24, 2.45) is 0 Å². The molecule has 2 rings (SSSR count). The van der Waals surface area contributed by atoms with Gasteiger partial charge < -0.3 is 20.3 Å². The molecule has 128 valence electrons. The van der Waals surface area contributed by atoms with Crippen molar-refractivity contribution < 1.29 is 24.5 Å². The van der Waals surface area contributed by atoms with Crippen LogP contribution in [0.25, 0.3) is 0 Å². The van der Waals surface area contributed by atoms with Gasteiger partial charge in [0.05, 0.1) is 13.5 Å². The van der Waals surface area contributed by atoms with Crippen molar-refractivity contribution in [2.45, 2.75) is 44.6 Å². The molecule has 1 aliphatic rings. The van der Waals surface area contributed by atoms with Crippen LogP contribution in [-0.2, 0) is 11.2 Å². The molecule has 23 heavy (non-hydrogen) atoms. The smallest absolute Gasteiger partial charge is 0.496 e. The van der Waals surface area contributed by atoms with Crippen molar-refractivity contribution in [3.05, 3.63) is 28.8 Å². The number of carboxylic acid groups (broad SMARTS) is 2. The molecule has 0 saturated heterocycles. The number of methoxy groups -OCH3 is 1. The van der Waals surface area contributed by atoms with Crippen LogP contribution in [0.3, 0.4) is 0 Å². The minimum Gasteiger partial charge on any atom is -0.496 e. The molecule has 0 aliphatic heterocycles. The maximum atomic E-state index is 12.0. The van der Waals surface area contributed by atoms with E-state index in [1.807, 2.05) is 6.07 Å². The lowest BCUT2D eigenvalue weighted by atomic mass is 9.95. The van der Waals surface area contributed by atoms with E-state index in [9.17, 15) is 4.79 Å². The molecule has 1 aromatic carbocycles. The summed E-state index contributed by atoms with van der Waals surface area (Å²) in [4.78, 5) is 20.6. The van der Waals surface area contributed by atoms with Gasteiger partial charge in [0.1, 0.15) is 5.75 Å². The second-order valence-electron chi connectivity index (χ2n) is 5.32. The molecule has 1 aromatic rings. The minimum atomic E-state index is -1.83. The first kappa shape index (κ1) is 19.1. The average molecular weight is 344 g/mol. The van der Waals surface area contributed by atoms with Crippen LogP contribution in [0.2, 0.25) is 5.02 Å². The predicted octanol–water partition coefficient (Wildman–Crippen LogP) is 3.56. The first-order chi connectivity index (χ1) is 10.9. The zero-order valence-corrected chi connectivity index (χ0v) is 13.8. The number of rotatable bonds is 4. The van der Waals surface area contributed by atoms with Crippen LogP contribution in [-0.4, -0.2) is 35.4 Å². The van der Waals surface area contributed by atoms with Crippen molar-refractivity contribution in [1.82, 2.24) is 5.32 Å². The summed E-state index contributed by atoms with van der Waals surface area (Å²) in [7, 11) is 1.59. The number of amides is 1. The molecule has 1 aliphatic carbocycles. The average Bonchev–Trinajstić information content (AvgIpc) is 2.49. The molecular weight excluding hydrogens is 322 g/mol. The molecule has 1 saturated carbocycles. The first-order valence-corrected chi connectivity index (χ1v) is 7.84. The van der Waals surface area contributed by atoms with Gasteiger partial charge in [-0.3, -0.25) is 4.79 Å². The Morgan fingerprint density at radius 2 is 1.87 bits per heavy atom. The molecule has 7 heteroatoms. The summed E-state index contributed by atoms with van der Waals surface area (Å²) in [5.74, 6) is 0.735. The molecule has 0 unspecified atom stereocenters. The number of carbonyl (C=O) groups is 2. The van der Waals surface area contributed by atoms with Gasteiger partial charge in [-0.2, -0.15) is 0 Å². The maximum absolute atomic E-state index is 12.0. The van der Waals surface area contributed by atoms with E-state index in [2.05, 4.69) is 5.32 Å². The molecule has 3 N–H and O–H groups in total. The van der Waals surface area contributed by atoms with E-state index in [1.165, 1.54) is 19.3 Å². The van der Waals surface area contributed by atoms with Gasteiger partial charge in [0, 0.05) is 16.6 Å². The zero-order valence-electron chi connectivity index (χ0n) is 13.0. The minimum absolute atomic E-state index is 0.0625. The lowest BCUT2D eigenvalue weighted by Crippen LogP contribution is -2.37. The van der Waals surface area contributed by atoms with E-state index in [-0.39, 0.29) is 5.91 Å². The van der Waals surface area contributed by atoms with Gasteiger partial charge in [0.15, 0.2) is 0 Å². The molecule has 6 nitrogen and oxygen atoms in total. The number of hydrogen-bond acceptors (Lipinski definition) is 3. The number of carbonyl (C=O) groups excluding carboxylic acids is 1. The normalized spacial score (nSPS) is 14.3. The monoisotopic (exact) mass is 343 g/mol. The van der Waals surface area contributed by atoms with E-state index < -0.39 is 6.16 Å². The van der Waals surface area contributed by atoms with Crippen LogP contribution in [0.15, 0.2) is 18.2 Å². The van der Waals surface area contributed by atoms with Crippen molar-refractivity contribution in [1.29, 1.82) is 0 Å². The number of ether oxygens (including phenoxy) is 1. The van der Waals surface area contributed by atoms with Gasteiger partial charge in [-0.1, -0.05) is 36.9 Å². The Balaban J connectivity index is 0.000000593. The van der Waals surface area contributed by atoms with E-state index in [0.29, 0.717) is 23.2 Å². The van der Waals surface area contributed by atoms with Gasteiger partial charge in [-0.15, -0.1) is 0 Å². The van der Waals surface area contributed by atoms with E-state index >= 15 is 0 Å². The van der Waals surface area contributed by atoms with Gasteiger partial charge in [0.2, 0.25) is 5.91 Å². The summed E-state index contributed by atoms with van der Waals surface area (Å²) >= 11 is 5.91. The lowest BCUT2D eigenvalue weighted by Gasteiger charge is -2.23. The Morgan fingerprint density at radius 1 is 1.26 bits per heavy atom. The van der Waals surface area contributed by atoms with Gasteiger partial charge in [-0.25, -0.2) is 4.79 Å². The Labute approximate surface area is 140 Å². The highest BCUT2D eigenvalue weighted by Gasteiger charge is 2.16.